The van der Waals surface area contributed by atoms with Gasteiger partial charge in [-0.1, -0.05) is 61.0 Å². The van der Waals surface area contributed by atoms with Gasteiger partial charge in [0, 0.05) is 12.1 Å². The second-order valence-corrected chi connectivity index (χ2v) is 10.4. The van der Waals surface area contributed by atoms with E-state index in [-0.39, 0.29) is 39.0 Å². The molecule has 178 valence electrons. The molecule has 1 aromatic heterocycles. The van der Waals surface area contributed by atoms with Gasteiger partial charge >= 0.3 is 0 Å². The zero-order chi connectivity index (χ0) is 23.4. The van der Waals surface area contributed by atoms with Gasteiger partial charge < -0.3 is 15.0 Å². The van der Waals surface area contributed by atoms with Gasteiger partial charge in [-0.15, -0.1) is 0 Å². The molecule has 0 spiro atoms. The number of nitrogens with one attached hydrogen (secondary N) is 1. The number of hydrogen-bond acceptors (Lipinski definition) is 5. The van der Waals surface area contributed by atoms with Crippen LogP contribution in [0.15, 0.2) is 24.3 Å². The lowest BCUT2D eigenvalue weighted by Crippen LogP contribution is -2.49. The van der Waals surface area contributed by atoms with Crippen LogP contribution in [0, 0.1) is 0 Å². The second kappa shape index (κ2) is 11.1. The minimum Gasteiger partial charge on any atom is -0.494 e. The molecular formula is C24H29Cl2N3O3S. The number of aromatic nitrogens is 1. The molecular weight excluding hydrogens is 481 g/mol. The number of benzene rings is 1. The first kappa shape index (κ1) is 24.3. The summed E-state index contributed by atoms with van der Waals surface area (Å²) in [7, 11) is 0. The van der Waals surface area contributed by atoms with Crippen LogP contribution < -0.4 is 10.1 Å². The van der Waals surface area contributed by atoms with Crippen molar-refractivity contribution in [1.82, 2.24) is 14.6 Å². The normalized spacial score (nSPS) is 17.8. The summed E-state index contributed by atoms with van der Waals surface area (Å²) in [6.45, 7) is 2.48. The van der Waals surface area contributed by atoms with Crippen LogP contribution in [0.1, 0.15) is 80.4 Å². The van der Waals surface area contributed by atoms with E-state index in [0.29, 0.717) is 6.61 Å². The molecule has 6 nitrogen and oxygen atoms in total. The molecule has 2 aromatic rings. The van der Waals surface area contributed by atoms with Crippen LogP contribution in [-0.4, -0.2) is 39.8 Å². The van der Waals surface area contributed by atoms with Gasteiger partial charge in [-0.3, -0.25) is 9.59 Å². The van der Waals surface area contributed by atoms with Crippen molar-refractivity contribution in [3.63, 3.8) is 0 Å². The van der Waals surface area contributed by atoms with Gasteiger partial charge in [0.2, 0.25) is 5.91 Å². The fourth-order valence-corrected chi connectivity index (χ4v) is 5.88. The smallest absolute Gasteiger partial charge is 0.276 e. The van der Waals surface area contributed by atoms with Crippen molar-refractivity contribution in [1.29, 1.82) is 0 Å². The Kier molecular flexibility index (Phi) is 8.15. The Balaban J connectivity index is 1.73. The molecule has 0 aliphatic heterocycles. The van der Waals surface area contributed by atoms with Gasteiger partial charge in [0.1, 0.15) is 21.2 Å². The highest BCUT2D eigenvalue weighted by molar-refractivity contribution is 7.11. The van der Waals surface area contributed by atoms with Gasteiger partial charge in [0.25, 0.3) is 5.91 Å². The summed E-state index contributed by atoms with van der Waals surface area (Å²) in [5.41, 5.74) is 0.856. The summed E-state index contributed by atoms with van der Waals surface area (Å²) >= 11 is 13.4. The molecule has 9 heteroatoms. The molecule has 2 saturated carbocycles. The molecule has 1 N–H and O–H groups in total. The SMILES string of the molecule is CCOc1ccc(C(C(=O)NC2CCCC2)N(C(=O)c2nsc(Cl)c2Cl)C2CCCC2)cc1. The number of carbonyl (C=O) groups excluding carboxylic acids is 2. The number of amides is 2. The molecule has 1 atom stereocenters. The standard InChI is InChI=1S/C24H29Cl2N3O3S/c1-2-32-18-13-11-15(12-14-18)21(23(30)27-16-7-3-4-8-16)29(17-9-5-6-10-17)24(31)20-19(25)22(26)33-28-20/h11-14,16-17,21H,2-10H2,1H3,(H,27,30). The van der Waals surface area contributed by atoms with Crippen LogP contribution in [0.2, 0.25) is 9.36 Å². The van der Waals surface area contributed by atoms with E-state index in [1.807, 2.05) is 31.2 Å². The molecule has 0 radical (unpaired) electrons. The van der Waals surface area contributed by atoms with Crippen LogP contribution in [0.3, 0.4) is 0 Å². The lowest BCUT2D eigenvalue weighted by Gasteiger charge is -2.36. The molecule has 2 aliphatic carbocycles. The van der Waals surface area contributed by atoms with Gasteiger partial charge in [-0.25, -0.2) is 0 Å². The van der Waals surface area contributed by atoms with Crippen LogP contribution in [0.5, 0.6) is 5.75 Å². The van der Waals surface area contributed by atoms with E-state index in [1.165, 1.54) is 0 Å². The average Bonchev–Trinajstić information content (AvgIpc) is 3.57. The summed E-state index contributed by atoms with van der Waals surface area (Å²) in [6, 6.07) is 6.72. The van der Waals surface area contributed by atoms with E-state index in [9.17, 15) is 9.59 Å². The Hall–Kier alpha value is -1.83. The number of nitrogens with zero attached hydrogens (tertiary/aromatic N) is 2. The Morgan fingerprint density at radius 3 is 2.33 bits per heavy atom. The maximum Gasteiger partial charge on any atom is 0.276 e. The van der Waals surface area contributed by atoms with Crippen LogP contribution in [0.25, 0.3) is 0 Å². The summed E-state index contributed by atoms with van der Waals surface area (Å²) in [6.07, 6.45) is 7.85. The van der Waals surface area contributed by atoms with Gasteiger partial charge in [-0.05, 0) is 61.8 Å². The van der Waals surface area contributed by atoms with Gasteiger partial charge in [0.15, 0.2) is 5.69 Å². The molecule has 0 saturated heterocycles. The molecule has 4 rings (SSSR count). The van der Waals surface area contributed by atoms with Crippen molar-refractivity contribution >= 4 is 46.5 Å². The van der Waals surface area contributed by atoms with Crippen LogP contribution in [-0.2, 0) is 4.79 Å². The number of halogens is 2. The van der Waals surface area contributed by atoms with Crippen LogP contribution in [0.4, 0.5) is 0 Å². The van der Waals surface area contributed by atoms with E-state index in [0.717, 1.165) is 74.2 Å². The second-order valence-electron chi connectivity index (χ2n) is 8.66. The predicted molar refractivity (Wildman–Crippen MR) is 131 cm³/mol. The molecule has 1 heterocycles. The lowest BCUT2D eigenvalue weighted by molar-refractivity contribution is -0.127. The van der Waals surface area contributed by atoms with Crippen LogP contribution >= 0.6 is 34.7 Å². The third kappa shape index (κ3) is 5.47. The lowest BCUT2D eigenvalue weighted by atomic mass is 9.99. The molecule has 33 heavy (non-hydrogen) atoms. The van der Waals surface area contributed by atoms with E-state index in [2.05, 4.69) is 9.69 Å². The van der Waals surface area contributed by atoms with E-state index < -0.39 is 6.04 Å². The van der Waals surface area contributed by atoms with Crippen molar-refractivity contribution < 1.29 is 14.3 Å². The zero-order valence-electron chi connectivity index (χ0n) is 18.7. The molecule has 1 unspecified atom stereocenters. The molecule has 0 bridgehead atoms. The summed E-state index contributed by atoms with van der Waals surface area (Å²) < 4.78 is 10.1. The third-order valence-electron chi connectivity index (χ3n) is 6.49. The van der Waals surface area contributed by atoms with E-state index in [4.69, 9.17) is 27.9 Å². The number of rotatable bonds is 8. The Bertz CT molecular complexity index is 970. The Morgan fingerprint density at radius 2 is 1.76 bits per heavy atom. The van der Waals surface area contributed by atoms with Gasteiger partial charge in [-0.2, -0.15) is 4.37 Å². The molecule has 2 fully saturated rings. The predicted octanol–water partition coefficient (Wildman–Crippen LogP) is 6.03. The van der Waals surface area contributed by atoms with E-state index in [1.54, 1.807) is 4.90 Å². The molecule has 2 amide bonds. The minimum absolute atomic E-state index is 0.0695. The Morgan fingerprint density at radius 1 is 1.12 bits per heavy atom. The first-order valence-electron chi connectivity index (χ1n) is 11.7. The quantitative estimate of drug-likeness (QED) is 0.471. The maximum atomic E-state index is 13.8. The van der Waals surface area contributed by atoms with Crippen molar-refractivity contribution in [2.45, 2.75) is 76.4 Å². The van der Waals surface area contributed by atoms with Crippen molar-refractivity contribution in [3.05, 3.63) is 44.9 Å². The molecule has 1 aromatic carbocycles. The van der Waals surface area contributed by atoms with Crippen molar-refractivity contribution in [3.8, 4) is 5.75 Å². The highest BCUT2D eigenvalue weighted by atomic mass is 35.5. The summed E-state index contributed by atoms with van der Waals surface area (Å²) in [4.78, 5) is 29.2. The third-order valence-corrected chi connectivity index (χ3v) is 8.10. The molecule has 2 aliphatic rings. The average molecular weight is 510 g/mol. The minimum atomic E-state index is -0.784. The zero-order valence-corrected chi connectivity index (χ0v) is 21.0. The number of hydrogen-bond donors (Lipinski definition) is 1. The van der Waals surface area contributed by atoms with Gasteiger partial charge in [0.05, 0.1) is 6.61 Å². The highest BCUT2D eigenvalue weighted by Gasteiger charge is 2.40. The van der Waals surface area contributed by atoms with E-state index >= 15 is 0 Å². The topological polar surface area (TPSA) is 71.5 Å². The largest absolute Gasteiger partial charge is 0.494 e. The highest BCUT2D eigenvalue weighted by Crippen LogP contribution is 2.37. The number of ether oxygens (including phenoxy) is 1. The fraction of sp³-hybridized carbons (Fsp3) is 0.542. The number of carbonyl (C=O) groups is 2. The Labute approximate surface area is 208 Å². The first-order chi connectivity index (χ1) is 16.0. The van der Waals surface area contributed by atoms with Crippen molar-refractivity contribution in [2.24, 2.45) is 0 Å². The summed E-state index contributed by atoms with van der Waals surface area (Å²) in [5.74, 6) is 0.212. The maximum absolute atomic E-state index is 13.8. The monoisotopic (exact) mass is 509 g/mol. The fourth-order valence-electron chi connectivity index (χ4n) is 4.89. The first-order valence-corrected chi connectivity index (χ1v) is 13.2. The van der Waals surface area contributed by atoms with Crippen molar-refractivity contribution in [2.75, 3.05) is 6.61 Å². The summed E-state index contributed by atoms with van der Waals surface area (Å²) in [5, 5.41) is 3.36.